The summed E-state index contributed by atoms with van der Waals surface area (Å²) in [5.41, 5.74) is 1.12. The number of aldehydes is 1. The van der Waals surface area contributed by atoms with Crippen molar-refractivity contribution in [3.8, 4) is 22.9 Å². The monoisotopic (exact) mass is 344 g/mol. The fourth-order valence-corrected chi connectivity index (χ4v) is 2.27. The predicted octanol–water partition coefficient (Wildman–Crippen LogP) is 3.79. The number of rotatable bonds is 6. The van der Waals surface area contributed by atoms with Gasteiger partial charge in [0.1, 0.15) is 11.5 Å². The van der Waals surface area contributed by atoms with E-state index in [0.29, 0.717) is 34.2 Å². The zero-order chi connectivity index (χ0) is 16.9. The summed E-state index contributed by atoms with van der Waals surface area (Å²) in [5, 5.41) is 4.48. The number of aromatic nitrogens is 2. The Morgan fingerprint density at radius 2 is 2.12 bits per heavy atom. The lowest BCUT2D eigenvalue weighted by molar-refractivity contribution is 0.111. The summed E-state index contributed by atoms with van der Waals surface area (Å²) in [6, 6.07) is 12.1. The van der Waals surface area contributed by atoms with E-state index in [-0.39, 0.29) is 12.5 Å². The van der Waals surface area contributed by atoms with Crippen molar-refractivity contribution in [1.29, 1.82) is 0 Å². The van der Waals surface area contributed by atoms with Crippen LogP contribution >= 0.6 is 11.6 Å². The molecule has 1 heterocycles. The molecule has 0 aliphatic heterocycles. The van der Waals surface area contributed by atoms with E-state index in [4.69, 9.17) is 25.6 Å². The minimum absolute atomic E-state index is 0.0424. The Bertz CT molecular complexity index is 863. The first-order chi connectivity index (χ1) is 11.7. The Labute approximate surface area is 143 Å². The number of hydrogen-bond donors (Lipinski definition) is 0. The normalized spacial score (nSPS) is 10.4. The number of benzene rings is 2. The Balaban J connectivity index is 1.73. The van der Waals surface area contributed by atoms with Gasteiger partial charge in [-0.3, -0.25) is 4.79 Å². The maximum atomic E-state index is 11.1. The van der Waals surface area contributed by atoms with Crippen molar-refractivity contribution in [1.82, 2.24) is 10.1 Å². The van der Waals surface area contributed by atoms with E-state index in [1.807, 2.05) is 6.07 Å². The molecule has 0 fully saturated rings. The Kier molecular flexibility index (Phi) is 4.77. The molecule has 0 radical (unpaired) electrons. The minimum Gasteiger partial charge on any atom is -0.497 e. The third kappa shape index (κ3) is 3.55. The zero-order valence-corrected chi connectivity index (χ0v) is 13.5. The predicted molar refractivity (Wildman–Crippen MR) is 87.5 cm³/mol. The van der Waals surface area contributed by atoms with Gasteiger partial charge in [0.2, 0.25) is 5.82 Å². The van der Waals surface area contributed by atoms with E-state index >= 15 is 0 Å². The van der Waals surface area contributed by atoms with Crippen LogP contribution in [0.4, 0.5) is 0 Å². The summed E-state index contributed by atoms with van der Waals surface area (Å²) in [7, 11) is 1.53. The molecule has 0 spiro atoms. The molecule has 6 nitrogen and oxygen atoms in total. The summed E-state index contributed by atoms with van der Waals surface area (Å²) in [6.07, 6.45) is 0.697. The van der Waals surface area contributed by atoms with Crippen LogP contribution in [-0.4, -0.2) is 23.5 Å². The number of nitrogens with zero attached hydrogens (tertiary/aromatic N) is 2. The molecule has 0 saturated heterocycles. The number of carbonyl (C=O) groups excluding carboxylic acids is 1. The molecular weight excluding hydrogens is 332 g/mol. The second kappa shape index (κ2) is 7.14. The molecule has 2 aromatic carbocycles. The Morgan fingerprint density at radius 3 is 2.88 bits per heavy atom. The molecule has 0 atom stereocenters. The van der Waals surface area contributed by atoms with Gasteiger partial charge in [-0.25, -0.2) is 0 Å². The standard InChI is InChI=1S/C17H13ClN2O4/c1-22-14-5-6-15(12(8-14)9-21)23-10-16-19-17(20-24-16)11-3-2-4-13(18)7-11/h2-9H,10H2,1H3. The molecule has 7 heteroatoms. The minimum atomic E-state index is 0.0424. The van der Waals surface area contributed by atoms with Crippen molar-refractivity contribution in [3.63, 3.8) is 0 Å². The molecule has 1 aromatic heterocycles. The first-order valence-corrected chi connectivity index (χ1v) is 7.42. The van der Waals surface area contributed by atoms with Gasteiger partial charge >= 0.3 is 0 Å². The summed E-state index contributed by atoms with van der Waals surface area (Å²) >= 11 is 5.95. The van der Waals surface area contributed by atoms with E-state index in [1.54, 1.807) is 36.4 Å². The molecular formula is C17H13ClN2O4. The third-order valence-corrected chi connectivity index (χ3v) is 3.48. The van der Waals surface area contributed by atoms with Gasteiger partial charge in [0.05, 0.1) is 12.7 Å². The van der Waals surface area contributed by atoms with Crippen LogP contribution in [0.5, 0.6) is 11.5 Å². The molecule has 3 rings (SSSR count). The molecule has 0 aliphatic carbocycles. The van der Waals surface area contributed by atoms with Crippen molar-refractivity contribution in [2.75, 3.05) is 7.11 Å². The topological polar surface area (TPSA) is 74.5 Å². The Morgan fingerprint density at radius 1 is 1.25 bits per heavy atom. The molecule has 0 bridgehead atoms. The fourth-order valence-electron chi connectivity index (χ4n) is 2.07. The van der Waals surface area contributed by atoms with Crippen molar-refractivity contribution >= 4 is 17.9 Å². The summed E-state index contributed by atoms with van der Waals surface area (Å²) in [5.74, 6) is 1.69. The second-order valence-corrected chi connectivity index (χ2v) is 5.27. The van der Waals surface area contributed by atoms with Crippen LogP contribution in [0, 0.1) is 0 Å². The van der Waals surface area contributed by atoms with Gasteiger partial charge in [-0.2, -0.15) is 4.98 Å². The second-order valence-electron chi connectivity index (χ2n) is 4.83. The van der Waals surface area contributed by atoms with E-state index < -0.39 is 0 Å². The average Bonchev–Trinajstić information content (AvgIpc) is 3.09. The van der Waals surface area contributed by atoms with Gasteiger partial charge in [0.25, 0.3) is 5.89 Å². The van der Waals surface area contributed by atoms with Gasteiger partial charge < -0.3 is 14.0 Å². The Hall–Kier alpha value is -2.86. The molecule has 0 unspecified atom stereocenters. The highest BCUT2D eigenvalue weighted by atomic mass is 35.5. The van der Waals surface area contributed by atoms with Gasteiger partial charge in [-0.1, -0.05) is 28.9 Å². The summed E-state index contributed by atoms with van der Waals surface area (Å²) in [4.78, 5) is 15.4. The van der Waals surface area contributed by atoms with Crippen LogP contribution in [0.3, 0.4) is 0 Å². The highest BCUT2D eigenvalue weighted by Gasteiger charge is 2.11. The molecule has 24 heavy (non-hydrogen) atoms. The lowest BCUT2D eigenvalue weighted by Crippen LogP contribution is -1.99. The van der Waals surface area contributed by atoms with E-state index in [9.17, 15) is 4.79 Å². The first-order valence-electron chi connectivity index (χ1n) is 7.04. The van der Waals surface area contributed by atoms with Crippen LogP contribution in [0.15, 0.2) is 47.0 Å². The van der Waals surface area contributed by atoms with Crippen molar-refractivity contribution in [2.24, 2.45) is 0 Å². The number of halogens is 1. The highest BCUT2D eigenvalue weighted by Crippen LogP contribution is 2.24. The fraction of sp³-hybridized carbons (Fsp3) is 0.118. The molecule has 0 N–H and O–H groups in total. The van der Waals surface area contributed by atoms with E-state index in [0.717, 1.165) is 5.56 Å². The van der Waals surface area contributed by atoms with Crippen LogP contribution in [0.25, 0.3) is 11.4 Å². The van der Waals surface area contributed by atoms with Crippen molar-refractivity contribution in [2.45, 2.75) is 6.61 Å². The molecule has 0 amide bonds. The third-order valence-electron chi connectivity index (χ3n) is 3.25. The van der Waals surface area contributed by atoms with Gasteiger partial charge in [-0.15, -0.1) is 0 Å². The van der Waals surface area contributed by atoms with Gasteiger partial charge in [0.15, 0.2) is 12.9 Å². The maximum absolute atomic E-state index is 11.1. The number of methoxy groups -OCH3 is 1. The lowest BCUT2D eigenvalue weighted by atomic mass is 10.2. The van der Waals surface area contributed by atoms with E-state index in [1.165, 1.54) is 7.11 Å². The lowest BCUT2D eigenvalue weighted by Gasteiger charge is -2.07. The van der Waals surface area contributed by atoms with Crippen LogP contribution in [0.1, 0.15) is 16.2 Å². The average molecular weight is 345 g/mol. The first kappa shape index (κ1) is 16.0. The van der Waals surface area contributed by atoms with Gasteiger partial charge in [-0.05, 0) is 30.3 Å². The van der Waals surface area contributed by atoms with E-state index in [2.05, 4.69) is 10.1 Å². The summed E-state index contributed by atoms with van der Waals surface area (Å²) in [6.45, 7) is 0.0424. The molecule has 3 aromatic rings. The van der Waals surface area contributed by atoms with Crippen molar-refractivity contribution < 1.29 is 18.8 Å². The number of hydrogen-bond acceptors (Lipinski definition) is 6. The molecule has 122 valence electrons. The zero-order valence-electron chi connectivity index (χ0n) is 12.7. The quantitative estimate of drug-likeness (QED) is 0.633. The maximum Gasteiger partial charge on any atom is 0.264 e. The number of ether oxygens (including phenoxy) is 2. The van der Waals surface area contributed by atoms with Crippen molar-refractivity contribution in [3.05, 3.63) is 58.9 Å². The smallest absolute Gasteiger partial charge is 0.264 e. The van der Waals surface area contributed by atoms with Crippen LogP contribution < -0.4 is 9.47 Å². The van der Waals surface area contributed by atoms with Gasteiger partial charge in [0, 0.05) is 10.6 Å². The largest absolute Gasteiger partial charge is 0.497 e. The molecule has 0 saturated carbocycles. The molecule has 0 aliphatic rings. The van der Waals surface area contributed by atoms with Crippen LogP contribution in [0.2, 0.25) is 5.02 Å². The SMILES string of the molecule is COc1ccc(OCc2nc(-c3cccc(Cl)c3)no2)c(C=O)c1. The number of carbonyl (C=O) groups is 1. The highest BCUT2D eigenvalue weighted by molar-refractivity contribution is 6.30. The summed E-state index contributed by atoms with van der Waals surface area (Å²) < 4.78 is 15.8. The van der Waals surface area contributed by atoms with Crippen LogP contribution in [-0.2, 0) is 6.61 Å².